The molecule has 104 valence electrons. The summed E-state index contributed by atoms with van der Waals surface area (Å²) < 4.78 is 1.73. The minimum atomic E-state index is 0.222. The predicted molar refractivity (Wildman–Crippen MR) is 81.7 cm³/mol. The zero-order chi connectivity index (χ0) is 14.3. The third-order valence-electron chi connectivity index (χ3n) is 3.44. The summed E-state index contributed by atoms with van der Waals surface area (Å²) in [5.74, 6) is 1.43. The molecule has 5 nitrogen and oxygen atoms in total. The molecule has 0 aliphatic heterocycles. The molecule has 0 radical (unpaired) electrons. The molecule has 1 atom stereocenters. The van der Waals surface area contributed by atoms with Gasteiger partial charge in [0.2, 0.25) is 0 Å². The summed E-state index contributed by atoms with van der Waals surface area (Å²) in [6.45, 7) is 4.10. The maximum absolute atomic E-state index is 6.21. The normalized spacial score (nSPS) is 12.8. The predicted octanol–water partition coefficient (Wildman–Crippen LogP) is 3.35. The van der Waals surface area contributed by atoms with Crippen molar-refractivity contribution < 1.29 is 0 Å². The summed E-state index contributed by atoms with van der Waals surface area (Å²) in [6.07, 6.45) is 1.49. The molecule has 20 heavy (non-hydrogen) atoms. The van der Waals surface area contributed by atoms with Crippen LogP contribution in [0.25, 0.3) is 5.78 Å². The topological polar surface area (TPSA) is 46.3 Å². The van der Waals surface area contributed by atoms with E-state index in [2.05, 4.69) is 44.4 Å². The number of fused-ring (bicyclic) bond motifs is 1. The van der Waals surface area contributed by atoms with Gasteiger partial charge in [0.05, 0.1) is 6.04 Å². The van der Waals surface area contributed by atoms with Crippen LogP contribution in [0, 0.1) is 6.92 Å². The number of hydrogen-bond acceptors (Lipinski definition) is 5. The van der Waals surface area contributed by atoms with Gasteiger partial charge in [-0.15, -0.1) is 11.3 Å². The summed E-state index contributed by atoms with van der Waals surface area (Å²) in [5, 5.41) is 6.80. The Morgan fingerprint density at radius 1 is 1.45 bits per heavy atom. The highest BCUT2D eigenvalue weighted by Crippen LogP contribution is 2.32. The third-order valence-corrected chi connectivity index (χ3v) is 4.85. The van der Waals surface area contributed by atoms with Crippen LogP contribution in [0.15, 0.2) is 23.8 Å². The van der Waals surface area contributed by atoms with Crippen molar-refractivity contribution in [2.24, 2.45) is 0 Å². The zero-order valence-electron chi connectivity index (χ0n) is 11.4. The molecule has 0 spiro atoms. The first kappa shape index (κ1) is 13.3. The minimum absolute atomic E-state index is 0.222. The molecule has 3 rings (SSSR count). The van der Waals surface area contributed by atoms with E-state index in [4.69, 9.17) is 11.6 Å². The second-order valence-corrected chi connectivity index (χ2v) is 5.96. The van der Waals surface area contributed by atoms with Crippen LogP contribution in [0.4, 0.5) is 5.82 Å². The van der Waals surface area contributed by atoms with Crippen molar-refractivity contribution >= 4 is 34.5 Å². The second-order valence-electron chi connectivity index (χ2n) is 4.63. The fourth-order valence-corrected chi connectivity index (χ4v) is 3.19. The SMILES string of the molecule is Cc1c(Cl)nc2ncnn2c1N(C)C(C)c1cccs1. The van der Waals surface area contributed by atoms with Crippen LogP contribution in [0.1, 0.15) is 23.4 Å². The van der Waals surface area contributed by atoms with E-state index in [1.807, 2.05) is 14.0 Å². The van der Waals surface area contributed by atoms with E-state index in [1.165, 1.54) is 11.2 Å². The summed E-state index contributed by atoms with van der Waals surface area (Å²) in [7, 11) is 2.03. The molecular formula is C13H14ClN5S. The second kappa shape index (κ2) is 5.03. The highest BCUT2D eigenvalue weighted by atomic mass is 35.5. The Kier molecular flexibility index (Phi) is 3.35. The highest BCUT2D eigenvalue weighted by Gasteiger charge is 2.21. The van der Waals surface area contributed by atoms with Crippen molar-refractivity contribution in [2.45, 2.75) is 19.9 Å². The van der Waals surface area contributed by atoms with Gasteiger partial charge in [0.1, 0.15) is 17.3 Å². The third kappa shape index (κ3) is 2.05. The fraction of sp³-hybridized carbons (Fsp3) is 0.308. The average Bonchev–Trinajstić information content (AvgIpc) is 3.09. The van der Waals surface area contributed by atoms with E-state index in [1.54, 1.807) is 15.9 Å². The molecule has 0 saturated heterocycles. The summed E-state index contributed by atoms with van der Waals surface area (Å²) >= 11 is 7.94. The largest absolute Gasteiger partial charge is 0.352 e. The van der Waals surface area contributed by atoms with Crippen molar-refractivity contribution in [1.82, 2.24) is 19.6 Å². The molecule has 3 heterocycles. The van der Waals surface area contributed by atoms with Crippen molar-refractivity contribution in [3.05, 3.63) is 39.4 Å². The van der Waals surface area contributed by atoms with E-state index in [0.29, 0.717) is 10.9 Å². The Balaban J connectivity index is 2.13. The maximum atomic E-state index is 6.21. The van der Waals surface area contributed by atoms with E-state index >= 15 is 0 Å². The van der Waals surface area contributed by atoms with Crippen LogP contribution >= 0.6 is 22.9 Å². The molecule has 0 aliphatic rings. The van der Waals surface area contributed by atoms with Gasteiger partial charge < -0.3 is 4.90 Å². The molecule has 1 unspecified atom stereocenters. The molecule has 0 fully saturated rings. The van der Waals surface area contributed by atoms with Crippen molar-refractivity contribution in [2.75, 3.05) is 11.9 Å². The van der Waals surface area contributed by atoms with Crippen LogP contribution < -0.4 is 4.90 Å². The monoisotopic (exact) mass is 307 g/mol. The number of anilines is 1. The van der Waals surface area contributed by atoms with Gasteiger partial charge in [0.25, 0.3) is 5.78 Å². The molecule has 0 bridgehead atoms. The average molecular weight is 308 g/mol. The van der Waals surface area contributed by atoms with Gasteiger partial charge in [0.15, 0.2) is 0 Å². The lowest BCUT2D eigenvalue weighted by molar-refractivity contribution is 0.717. The molecule has 0 aromatic carbocycles. The minimum Gasteiger partial charge on any atom is -0.352 e. The van der Waals surface area contributed by atoms with Crippen molar-refractivity contribution in [3.8, 4) is 0 Å². The quantitative estimate of drug-likeness (QED) is 0.696. The van der Waals surface area contributed by atoms with Crippen LogP contribution in [0.2, 0.25) is 5.15 Å². The van der Waals surface area contributed by atoms with Gasteiger partial charge >= 0.3 is 0 Å². The van der Waals surface area contributed by atoms with Gasteiger partial charge in [-0.3, -0.25) is 0 Å². The Hall–Kier alpha value is -1.66. The van der Waals surface area contributed by atoms with E-state index in [0.717, 1.165) is 11.4 Å². The van der Waals surface area contributed by atoms with E-state index in [-0.39, 0.29) is 6.04 Å². The molecule has 0 saturated carbocycles. The summed E-state index contributed by atoms with van der Waals surface area (Å²) in [4.78, 5) is 11.8. The zero-order valence-corrected chi connectivity index (χ0v) is 13.0. The lowest BCUT2D eigenvalue weighted by Crippen LogP contribution is -2.25. The number of thiophene rings is 1. The van der Waals surface area contributed by atoms with Gasteiger partial charge in [-0.2, -0.15) is 19.6 Å². The van der Waals surface area contributed by atoms with Gasteiger partial charge in [-0.1, -0.05) is 17.7 Å². The first-order valence-electron chi connectivity index (χ1n) is 6.21. The van der Waals surface area contributed by atoms with Crippen LogP contribution in [-0.2, 0) is 0 Å². The van der Waals surface area contributed by atoms with E-state index < -0.39 is 0 Å². The van der Waals surface area contributed by atoms with Gasteiger partial charge in [-0.05, 0) is 25.3 Å². The first-order valence-corrected chi connectivity index (χ1v) is 7.47. The number of halogens is 1. The summed E-state index contributed by atoms with van der Waals surface area (Å²) in [6, 6.07) is 4.41. The number of nitrogens with zero attached hydrogens (tertiary/aromatic N) is 5. The molecule has 0 amide bonds. The lowest BCUT2D eigenvalue weighted by Gasteiger charge is -2.27. The molecule has 3 aromatic rings. The smallest absolute Gasteiger partial charge is 0.255 e. The van der Waals surface area contributed by atoms with Gasteiger partial charge in [-0.25, -0.2) is 0 Å². The molecule has 7 heteroatoms. The van der Waals surface area contributed by atoms with Crippen LogP contribution in [0.3, 0.4) is 0 Å². The Labute approximate surface area is 125 Å². The Bertz CT molecular complexity index is 737. The van der Waals surface area contributed by atoms with Gasteiger partial charge in [0, 0.05) is 17.5 Å². The lowest BCUT2D eigenvalue weighted by atomic mass is 10.2. The Morgan fingerprint density at radius 2 is 2.25 bits per heavy atom. The first-order chi connectivity index (χ1) is 9.59. The van der Waals surface area contributed by atoms with E-state index in [9.17, 15) is 0 Å². The summed E-state index contributed by atoms with van der Waals surface area (Å²) in [5.41, 5.74) is 0.899. The highest BCUT2D eigenvalue weighted by molar-refractivity contribution is 7.10. The number of hydrogen-bond donors (Lipinski definition) is 0. The standard InChI is InChI=1S/C13H14ClN5S/c1-8-11(14)17-13-15-7-16-19(13)12(8)18(3)9(2)10-5-4-6-20-10/h4-7,9H,1-3H3. The molecular weight excluding hydrogens is 294 g/mol. The van der Waals surface area contributed by atoms with Crippen molar-refractivity contribution in [3.63, 3.8) is 0 Å². The number of rotatable bonds is 3. The maximum Gasteiger partial charge on any atom is 0.255 e. The molecule has 3 aromatic heterocycles. The van der Waals surface area contributed by atoms with Crippen molar-refractivity contribution in [1.29, 1.82) is 0 Å². The van der Waals surface area contributed by atoms with Crippen LogP contribution in [-0.4, -0.2) is 26.6 Å². The Morgan fingerprint density at radius 3 is 2.95 bits per heavy atom. The van der Waals surface area contributed by atoms with Crippen LogP contribution in [0.5, 0.6) is 0 Å². The molecule has 0 aliphatic carbocycles. The number of aromatic nitrogens is 4. The fourth-order valence-electron chi connectivity index (χ4n) is 2.20. The molecule has 0 N–H and O–H groups in total.